The van der Waals surface area contributed by atoms with Crippen LogP contribution in [0.25, 0.3) is 10.6 Å². The van der Waals surface area contributed by atoms with Crippen LogP contribution in [0.4, 0.5) is 0 Å². The molecule has 14 heteroatoms. The summed E-state index contributed by atoms with van der Waals surface area (Å²) in [5.41, 5.74) is 1.18. The van der Waals surface area contributed by atoms with Crippen LogP contribution in [-0.2, 0) is 16.4 Å². The molecule has 40 heavy (non-hydrogen) atoms. The first-order valence-electron chi connectivity index (χ1n) is 12.8. The molecule has 2 N–H and O–H groups in total. The number of nitrogens with one attached hydrogen (secondary N) is 2. The Hall–Kier alpha value is -3.26. The number of likely N-dealkylation sites (tertiary alicyclic amines) is 1. The second kappa shape index (κ2) is 11.7. The molecule has 11 nitrogen and oxygen atoms in total. The molecular weight excluding hydrogens is 576 g/mol. The van der Waals surface area contributed by atoms with Gasteiger partial charge in [0.25, 0.3) is 11.8 Å². The molecule has 0 spiro atoms. The van der Waals surface area contributed by atoms with E-state index in [0.717, 1.165) is 41.6 Å². The van der Waals surface area contributed by atoms with E-state index in [1.165, 1.54) is 28.2 Å². The molecule has 2 aliphatic rings. The van der Waals surface area contributed by atoms with Gasteiger partial charge >= 0.3 is 0 Å². The predicted octanol–water partition coefficient (Wildman–Crippen LogP) is 3.46. The van der Waals surface area contributed by atoms with E-state index >= 15 is 0 Å². The number of piperidine rings is 1. The van der Waals surface area contributed by atoms with Crippen LogP contribution in [0.2, 0.25) is 4.34 Å². The molecule has 3 aromatic heterocycles. The minimum absolute atomic E-state index is 0.00292. The summed E-state index contributed by atoms with van der Waals surface area (Å²) in [7, 11) is -3.40. The van der Waals surface area contributed by atoms with Gasteiger partial charge in [-0.05, 0) is 50.5 Å². The number of nitrogens with zero attached hydrogens (tertiary/aromatic N) is 4. The van der Waals surface area contributed by atoms with Crippen LogP contribution in [-0.4, -0.2) is 71.8 Å². The van der Waals surface area contributed by atoms with Crippen molar-refractivity contribution in [3.8, 4) is 10.6 Å². The van der Waals surface area contributed by atoms with Crippen molar-refractivity contribution in [1.29, 1.82) is 0 Å². The van der Waals surface area contributed by atoms with Crippen molar-refractivity contribution in [2.75, 3.05) is 19.6 Å². The van der Waals surface area contributed by atoms with E-state index in [1.54, 1.807) is 12.1 Å². The Morgan fingerprint density at radius 2 is 1.98 bits per heavy atom. The van der Waals surface area contributed by atoms with Gasteiger partial charge in [-0.1, -0.05) is 16.8 Å². The Kier molecular flexibility index (Phi) is 8.26. The number of carbonyl (C=O) groups excluding carboxylic acids is 2. The summed E-state index contributed by atoms with van der Waals surface area (Å²) < 4.78 is 30.8. The summed E-state index contributed by atoms with van der Waals surface area (Å²) in [5.74, 6) is -0.349. The van der Waals surface area contributed by atoms with Gasteiger partial charge in [0, 0.05) is 54.7 Å². The van der Waals surface area contributed by atoms with Gasteiger partial charge < -0.3 is 20.1 Å². The largest absolute Gasteiger partial charge is 0.355 e. The molecule has 0 aliphatic carbocycles. The maximum atomic E-state index is 13.2. The highest BCUT2D eigenvalue weighted by Crippen LogP contribution is 2.31. The summed E-state index contributed by atoms with van der Waals surface area (Å²) >= 11 is 7.38. The summed E-state index contributed by atoms with van der Waals surface area (Å²) in [5, 5.41) is 16.5. The first-order chi connectivity index (χ1) is 19.1. The number of thiophene rings is 1. The smallest absolute Gasteiger partial charge is 0.272 e. The Bertz CT molecular complexity index is 1580. The normalized spacial score (nSPS) is 17.4. The van der Waals surface area contributed by atoms with Crippen LogP contribution >= 0.6 is 22.9 Å². The summed E-state index contributed by atoms with van der Waals surface area (Å²) in [6, 6.07) is 7.22. The highest BCUT2D eigenvalue weighted by atomic mass is 35.5. The van der Waals surface area contributed by atoms with Gasteiger partial charge in [0.1, 0.15) is 11.4 Å². The van der Waals surface area contributed by atoms with Crippen molar-refractivity contribution < 1.29 is 22.5 Å². The van der Waals surface area contributed by atoms with Gasteiger partial charge in [-0.3, -0.25) is 14.3 Å². The number of rotatable bonds is 9. The number of sulfone groups is 1. The lowest BCUT2D eigenvalue weighted by Crippen LogP contribution is -2.46. The molecule has 0 aromatic carbocycles. The molecular formula is C26H29ClN6O5S2. The molecule has 1 fully saturated rings. The molecule has 0 radical (unpaired) electrons. The molecule has 0 saturated carbocycles. The lowest BCUT2D eigenvalue weighted by molar-refractivity contribution is 0.0893. The highest BCUT2D eigenvalue weighted by molar-refractivity contribution is 7.97. The number of carbonyl (C=O) groups is 2. The molecule has 212 valence electrons. The molecule has 2 aliphatic heterocycles. The topological polar surface area (TPSA) is 139 Å². The van der Waals surface area contributed by atoms with Crippen LogP contribution in [0.15, 0.2) is 51.3 Å². The van der Waals surface area contributed by atoms with E-state index in [2.05, 4.69) is 39.6 Å². The van der Waals surface area contributed by atoms with Crippen molar-refractivity contribution in [3.63, 3.8) is 0 Å². The quantitative estimate of drug-likeness (QED) is 0.378. The number of halogens is 1. The number of hydrogen-bond acceptors (Lipinski definition) is 9. The first kappa shape index (κ1) is 28.3. The zero-order valence-corrected chi connectivity index (χ0v) is 24.4. The van der Waals surface area contributed by atoms with E-state index in [0.29, 0.717) is 27.4 Å². The summed E-state index contributed by atoms with van der Waals surface area (Å²) in [6.45, 7) is 6.18. The summed E-state index contributed by atoms with van der Waals surface area (Å²) in [6.07, 6.45) is 3.10. The van der Waals surface area contributed by atoms with Crippen molar-refractivity contribution in [1.82, 2.24) is 30.5 Å². The lowest BCUT2D eigenvalue weighted by atomic mass is 10.0. The third-order valence-corrected chi connectivity index (χ3v) is 9.16. The van der Waals surface area contributed by atoms with E-state index in [-0.39, 0.29) is 36.4 Å². The van der Waals surface area contributed by atoms with Crippen LogP contribution in [0.3, 0.4) is 0 Å². The first-order valence-corrected chi connectivity index (χ1v) is 15.6. The fraction of sp³-hybridized carbons (Fsp3) is 0.385. The van der Waals surface area contributed by atoms with Gasteiger partial charge in [0.05, 0.1) is 15.8 Å². The monoisotopic (exact) mass is 604 g/mol. The second-order valence-corrected chi connectivity index (χ2v) is 13.4. The molecule has 5 heterocycles. The molecule has 1 saturated heterocycles. The molecule has 0 bridgehead atoms. The molecule has 5 rings (SSSR count). The Labute approximate surface area is 240 Å². The molecule has 3 aromatic rings. The standard InChI is InChI=1S/C26H29ClN6O5S2/c1-16(2)32-8-5-18(6-9-32)29-25(34)20-12-21(26(35)28-13-17-7-10-40(36,37)15-17)33(30-20)14-19-11-22(38-31-19)23-3-4-24(27)39-23/h3-4,7,10-12,15-16,18H,5-6,8-9,13-14H2,1-2H3,(H,28,35)(H,29,34). The van der Waals surface area contributed by atoms with E-state index < -0.39 is 15.7 Å². The number of aromatic nitrogens is 3. The maximum absolute atomic E-state index is 13.2. The van der Waals surface area contributed by atoms with Crippen molar-refractivity contribution in [3.05, 3.63) is 68.1 Å². The van der Waals surface area contributed by atoms with Gasteiger partial charge in [0.15, 0.2) is 21.3 Å². The fourth-order valence-electron chi connectivity index (χ4n) is 4.60. The molecule has 2 amide bonds. The van der Waals surface area contributed by atoms with E-state index in [4.69, 9.17) is 16.1 Å². The van der Waals surface area contributed by atoms with Crippen LogP contribution < -0.4 is 10.6 Å². The van der Waals surface area contributed by atoms with Gasteiger partial charge in [-0.2, -0.15) is 5.10 Å². The second-order valence-electron chi connectivity index (χ2n) is 10.0. The highest BCUT2D eigenvalue weighted by Gasteiger charge is 2.26. The predicted molar refractivity (Wildman–Crippen MR) is 152 cm³/mol. The zero-order valence-electron chi connectivity index (χ0n) is 22.0. The van der Waals surface area contributed by atoms with Crippen LogP contribution in [0, 0.1) is 0 Å². The fourth-order valence-corrected chi connectivity index (χ4v) is 6.62. The van der Waals surface area contributed by atoms with E-state index in [9.17, 15) is 18.0 Å². The molecule has 0 atom stereocenters. The van der Waals surface area contributed by atoms with Gasteiger partial charge in [0.2, 0.25) is 0 Å². The van der Waals surface area contributed by atoms with Crippen molar-refractivity contribution in [2.45, 2.75) is 45.3 Å². The maximum Gasteiger partial charge on any atom is 0.272 e. The molecule has 0 unspecified atom stereocenters. The average molecular weight is 605 g/mol. The van der Waals surface area contributed by atoms with Crippen molar-refractivity contribution in [2.24, 2.45) is 0 Å². The number of hydrogen-bond donors (Lipinski definition) is 2. The van der Waals surface area contributed by atoms with Gasteiger partial charge in [-0.15, -0.1) is 11.3 Å². The Morgan fingerprint density at radius 1 is 1.20 bits per heavy atom. The minimum atomic E-state index is -3.40. The Morgan fingerprint density at radius 3 is 2.62 bits per heavy atom. The lowest BCUT2D eigenvalue weighted by Gasteiger charge is -2.34. The van der Waals surface area contributed by atoms with E-state index in [1.807, 2.05) is 6.07 Å². The zero-order chi connectivity index (χ0) is 28.4. The average Bonchev–Trinajstić information content (AvgIpc) is 3.70. The third kappa shape index (κ3) is 6.72. The minimum Gasteiger partial charge on any atom is -0.355 e. The summed E-state index contributed by atoms with van der Waals surface area (Å²) in [4.78, 5) is 29.5. The van der Waals surface area contributed by atoms with Crippen LogP contribution in [0.5, 0.6) is 0 Å². The van der Waals surface area contributed by atoms with Crippen LogP contribution in [0.1, 0.15) is 53.4 Å². The Balaban J connectivity index is 1.33. The van der Waals surface area contributed by atoms with Gasteiger partial charge in [-0.25, -0.2) is 8.42 Å². The number of amides is 2. The SMILES string of the molecule is CC(C)N1CCC(NC(=O)c2cc(C(=O)NCC3=CS(=O)(=O)C=C3)n(Cc3cc(-c4ccc(Cl)s4)on3)n2)CC1. The van der Waals surface area contributed by atoms with Crippen molar-refractivity contribution >= 4 is 44.6 Å². The third-order valence-electron chi connectivity index (χ3n) is 6.77.